The van der Waals surface area contributed by atoms with Crippen molar-refractivity contribution < 1.29 is 14.3 Å². The van der Waals surface area contributed by atoms with E-state index in [-0.39, 0.29) is 18.7 Å². The second-order valence-corrected chi connectivity index (χ2v) is 6.85. The lowest BCUT2D eigenvalue weighted by Gasteiger charge is -2.24. The Morgan fingerprint density at radius 3 is 2.62 bits per heavy atom. The van der Waals surface area contributed by atoms with E-state index in [1.165, 1.54) is 0 Å². The molecule has 26 heavy (non-hydrogen) atoms. The summed E-state index contributed by atoms with van der Waals surface area (Å²) in [7, 11) is 0. The zero-order chi connectivity index (χ0) is 18.4. The summed E-state index contributed by atoms with van der Waals surface area (Å²) in [6.45, 7) is 5.18. The normalized spacial score (nSPS) is 13.5. The van der Waals surface area contributed by atoms with Gasteiger partial charge in [0.05, 0.1) is 0 Å². The van der Waals surface area contributed by atoms with Gasteiger partial charge >= 0.3 is 0 Å². The van der Waals surface area contributed by atoms with Crippen molar-refractivity contribution in [3.8, 4) is 11.5 Å². The first-order valence-electron chi connectivity index (χ1n) is 9.08. The van der Waals surface area contributed by atoms with Gasteiger partial charge in [-0.1, -0.05) is 38.1 Å². The number of para-hydroxylation sites is 1. The number of carbonyl (C=O) groups excluding carboxylic acids is 1. The number of aryl methyl sites for hydroxylation is 1. The Balaban J connectivity index is 1.46. The minimum absolute atomic E-state index is 0.0585. The Morgan fingerprint density at radius 2 is 1.85 bits per heavy atom. The Hall–Kier alpha value is -2.69. The number of ether oxygens (including phenoxy) is 2. The molecule has 5 nitrogen and oxygen atoms in total. The highest BCUT2D eigenvalue weighted by molar-refractivity contribution is 5.76. The van der Waals surface area contributed by atoms with Crippen LogP contribution in [0.15, 0.2) is 48.5 Å². The number of rotatable bonds is 8. The second kappa shape index (κ2) is 8.61. The Kier molecular flexibility index (Phi) is 6.00. The van der Waals surface area contributed by atoms with E-state index in [1.807, 2.05) is 48.5 Å². The molecule has 0 aromatic heterocycles. The van der Waals surface area contributed by atoms with Gasteiger partial charge < -0.3 is 20.1 Å². The number of fused-ring (bicyclic) bond motifs is 1. The van der Waals surface area contributed by atoms with E-state index in [0.29, 0.717) is 25.3 Å². The summed E-state index contributed by atoms with van der Waals surface area (Å²) in [6, 6.07) is 16.1. The van der Waals surface area contributed by atoms with Crippen molar-refractivity contribution in [1.29, 1.82) is 0 Å². The van der Waals surface area contributed by atoms with Gasteiger partial charge in [0.15, 0.2) is 11.5 Å². The van der Waals surface area contributed by atoms with Crippen molar-refractivity contribution in [1.82, 2.24) is 5.32 Å². The molecule has 1 amide bonds. The largest absolute Gasteiger partial charge is 0.454 e. The average Bonchev–Trinajstić information content (AvgIpc) is 3.11. The van der Waals surface area contributed by atoms with Crippen LogP contribution in [0.5, 0.6) is 11.5 Å². The van der Waals surface area contributed by atoms with Crippen LogP contribution >= 0.6 is 0 Å². The van der Waals surface area contributed by atoms with E-state index >= 15 is 0 Å². The standard InChI is InChI=1S/C21H26N2O3/c1-15(2)18(23-17-6-4-3-5-7-17)13-22-21(24)11-9-16-8-10-19-20(12-16)26-14-25-19/h3-8,10,12,15,18,23H,9,11,13-14H2,1-2H3,(H,22,24). The first-order valence-corrected chi connectivity index (χ1v) is 9.08. The molecule has 1 aliphatic heterocycles. The van der Waals surface area contributed by atoms with Gasteiger partial charge in [-0.2, -0.15) is 0 Å². The predicted molar refractivity (Wildman–Crippen MR) is 103 cm³/mol. The van der Waals surface area contributed by atoms with E-state index < -0.39 is 0 Å². The minimum atomic E-state index is 0.0585. The second-order valence-electron chi connectivity index (χ2n) is 6.85. The van der Waals surface area contributed by atoms with E-state index in [9.17, 15) is 4.79 Å². The first kappa shape index (κ1) is 18.1. The zero-order valence-electron chi connectivity index (χ0n) is 15.3. The summed E-state index contributed by atoms with van der Waals surface area (Å²) in [4.78, 5) is 12.2. The fourth-order valence-electron chi connectivity index (χ4n) is 2.87. The van der Waals surface area contributed by atoms with Crippen LogP contribution in [-0.2, 0) is 11.2 Å². The number of anilines is 1. The smallest absolute Gasteiger partial charge is 0.231 e. The van der Waals surface area contributed by atoms with Gasteiger partial charge in [0, 0.05) is 24.7 Å². The van der Waals surface area contributed by atoms with Crippen LogP contribution in [0, 0.1) is 5.92 Å². The van der Waals surface area contributed by atoms with Crippen molar-refractivity contribution in [2.24, 2.45) is 5.92 Å². The molecule has 1 aliphatic rings. The summed E-state index contributed by atoms with van der Waals surface area (Å²) >= 11 is 0. The Labute approximate surface area is 154 Å². The molecule has 0 spiro atoms. The number of hydrogen-bond donors (Lipinski definition) is 2. The average molecular weight is 354 g/mol. The number of carbonyl (C=O) groups is 1. The quantitative estimate of drug-likeness (QED) is 0.760. The lowest BCUT2D eigenvalue weighted by atomic mass is 10.0. The Morgan fingerprint density at radius 1 is 1.08 bits per heavy atom. The molecule has 138 valence electrons. The molecule has 5 heteroatoms. The number of hydrogen-bond acceptors (Lipinski definition) is 4. The predicted octanol–water partition coefficient (Wildman–Crippen LogP) is 3.60. The maximum atomic E-state index is 12.2. The molecule has 0 bridgehead atoms. The van der Waals surface area contributed by atoms with Crippen LogP contribution in [0.2, 0.25) is 0 Å². The summed E-state index contributed by atoms with van der Waals surface area (Å²) in [5.41, 5.74) is 2.15. The molecule has 1 atom stereocenters. The lowest BCUT2D eigenvalue weighted by molar-refractivity contribution is -0.121. The Bertz CT molecular complexity index is 731. The molecule has 1 unspecified atom stereocenters. The lowest BCUT2D eigenvalue weighted by Crippen LogP contribution is -2.39. The minimum Gasteiger partial charge on any atom is -0.454 e. The highest BCUT2D eigenvalue weighted by Crippen LogP contribution is 2.32. The number of nitrogens with one attached hydrogen (secondary N) is 2. The van der Waals surface area contributed by atoms with Crippen LogP contribution in [0.3, 0.4) is 0 Å². The van der Waals surface area contributed by atoms with Gasteiger partial charge in [-0.05, 0) is 42.2 Å². The third-order valence-electron chi connectivity index (χ3n) is 4.53. The highest BCUT2D eigenvalue weighted by Gasteiger charge is 2.16. The van der Waals surface area contributed by atoms with Gasteiger partial charge in [0.25, 0.3) is 0 Å². The third kappa shape index (κ3) is 4.91. The topological polar surface area (TPSA) is 59.6 Å². The van der Waals surface area contributed by atoms with Crippen molar-refractivity contribution in [3.63, 3.8) is 0 Å². The molecule has 0 fully saturated rings. The van der Waals surface area contributed by atoms with Crippen LogP contribution in [0.1, 0.15) is 25.8 Å². The molecule has 2 aromatic carbocycles. The SMILES string of the molecule is CC(C)C(CNC(=O)CCc1ccc2c(c1)OCO2)Nc1ccccc1. The van der Waals surface area contributed by atoms with Crippen molar-refractivity contribution in [3.05, 3.63) is 54.1 Å². The summed E-state index contributed by atoms with van der Waals surface area (Å²) in [5.74, 6) is 1.99. The molecule has 0 radical (unpaired) electrons. The van der Waals surface area contributed by atoms with E-state index in [4.69, 9.17) is 9.47 Å². The van der Waals surface area contributed by atoms with Gasteiger partial charge in [-0.25, -0.2) is 0 Å². The summed E-state index contributed by atoms with van der Waals surface area (Å²) in [5, 5.41) is 6.54. The van der Waals surface area contributed by atoms with Gasteiger partial charge in [0.2, 0.25) is 12.7 Å². The highest BCUT2D eigenvalue weighted by atomic mass is 16.7. The van der Waals surface area contributed by atoms with Crippen LogP contribution in [0.4, 0.5) is 5.69 Å². The molecule has 0 saturated heterocycles. The van der Waals surface area contributed by atoms with Crippen LogP contribution in [-0.4, -0.2) is 25.3 Å². The maximum Gasteiger partial charge on any atom is 0.231 e. The molecule has 2 aromatic rings. The zero-order valence-corrected chi connectivity index (χ0v) is 15.3. The number of benzene rings is 2. The van der Waals surface area contributed by atoms with Crippen molar-refractivity contribution >= 4 is 11.6 Å². The fourth-order valence-corrected chi connectivity index (χ4v) is 2.87. The molecule has 1 heterocycles. The summed E-state index contributed by atoms with van der Waals surface area (Å²) in [6.07, 6.45) is 1.14. The maximum absolute atomic E-state index is 12.2. The summed E-state index contributed by atoms with van der Waals surface area (Å²) < 4.78 is 10.7. The van der Waals surface area contributed by atoms with Crippen LogP contribution < -0.4 is 20.1 Å². The van der Waals surface area contributed by atoms with Gasteiger partial charge in [0.1, 0.15) is 0 Å². The van der Waals surface area contributed by atoms with Crippen molar-refractivity contribution in [2.45, 2.75) is 32.7 Å². The monoisotopic (exact) mass is 354 g/mol. The molecule has 0 aliphatic carbocycles. The third-order valence-corrected chi connectivity index (χ3v) is 4.53. The molecular formula is C21H26N2O3. The van der Waals surface area contributed by atoms with E-state index in [0.717, 1.165) is 22.7 Å². The van der Waals surface area contributed by atoms with Gasteiger partial charge in [-0.15, -0.1) is 0 Å². The molecule has 3 rings (SSSR count). The molecule has 0 saturated carbocycles. The van der Waals surface area contributed by atoms with Gasteiger partial charge in [-0.3, -0.25) is 4.79 Å². The van der Waals surface area contributed by atoms with Crippen molar-refractivity contribution in [2.75, 3.05) is 18.7 Å². The fraction of sp³-hybridized carbons (Fsp3) is 0.381. The van der Waals surface area contributed by atoms with E-state index in [1.54, 1.807) is 0 Å². The molecular weight excluding hydrogens is 328 g/mol. The number of amides is 1. The molecule has 2 N–H and O–H groups in total. The first-order chi connectivity index (χ1) is 12.6. The van der Waals surface area contributed by atoms with Crippen LogP contribution in [0.25, 0.3) is 0 Å². The van der Waals surface area contributed by atoms with E-state index in [2.05, 4.69) is 24.5 Å².